The summed E-state index contributed by atoms with van der Waals surface area (Å²) >= 11 is 0. The molecule has 1 aromatic rings. The van der Waals surface area contributed by atoms with Gasteiger partial charge >= 0.3 is 0 Å². The minimum Gasteiger partial charge on any atom is -0.292 e. The number of rotatable bonds is 5. The van der Waals surface area contributed by atoms with Gasteiger partial charge in [0.2, 0.25) is 0 Å². The smallest absolute Gasteiger partial charge is 0.179 e. The van der Waals surface area contributed by atoms with Crippen LogP contribution in [0.25, 0.3) is 0 Å². The molecule has 0 fully saturated rings. The van der Waals surface area contributed by atoms with Crippen LogP contribution in [-0.4, -0.2) is 29.8 Å². The highest BCUT2D eigenvalue weighted by Gasteiger charge is 2.23. The van der Waals surface area contributed by atoms with Gasteiger partial charge in [0.25, 0.3) is 0 Å². The number of benzene rings is 1. The third-order valence-corrected chi connectivity index (χ3v) is 3.13. The van der Waals surface area contributed by atoms with Gasteiger partial charge in [-0.1, -0.05) is 17.7 Å². The van der Waals surface area contributed by atoms with Crippen molar-refractivity contribution in [2.24, 2.45) is 0 Å². The number of hydrogen-bond donors (Lipinski definition) is 0. The molecular formula is C15H17N3O. The van der Waals surface area contributed by atoms with Crippen LogP contribution in [0.15, 0.2) is 18.2 Å². The second-order valence-electron chi connectivity index (χ2n) is 4.58. The predicted molar refractivity (Wildman–Crippen MR) is 72.5 cm³/mol. The highest BCUT2D eigenvalue weighted by Crippen LogP contribution is 2.15. The zero-order valence-electron chi connectivity index (χ0n) is 11.5. The Bertz CT molecular complexity index is 535. The van der Waals surface area contributed by atoms with Crippen LogP contribution in [0.3, 0.4) is 0 Å². The first-order valence-electron chi connectivity index (χ1n) is 6.10. The van der Waals surface area contributed by atoms with Crippen LogP contribution in [-0.2, 0) is 0 Å². The summed E-state index contributed by atoms with van der Waals surface area (Å²) in [5.41, 5.74) is 2.60. The van der Waals surface area contributed by atoms with Crippen LogP contribution in [0.2, 0.25) is 0 Å². The standard InChI is InChI=1S/C15H17N3O/c1-11-4-5-12(2)14(10-11)15(19)13(3)18(8-6-16)9-7-17/h4-5,10,13H,8-9H2,1-3H3. The van der Waals surface area contributed by atoms with E-state index >= 15 is 0 Å². The number of ketones is 1. The Morgan fingerprint density at radius 1 is 1.26 bits per heavy atom. The van der Waals surface area contributed by atoms with Gasteiger partial charge in [-0.05, 0) is 32.4 Å². The molecule has 19 heavy (non-hydrogen) atoms. The Morgan fingerprint density at radius 2 is 1.84 bits per heavy atom. The van der Waals surface area contributed by atoms with E-state index in [1.54, 1.807) is 11.8 Å². The molecule has 0 N–H and O–H groups in total. The molecule has 0 bridgehead atoms. The predicted octanol–water partition coefficient (Wildman–Crippen LogP) is 2.22. The molecule has 4 nitrogen and oxygen atoms in total. The molecule has 0 aliphatic carbocycles. The molecule has 98 valence electrons. The molecule has 0 aromatic heterocycles. The van der Waals surface area contributed by atoms with Crippen LogP contribution in [0.5, 0.6) is 0 Å². The first kappa shape index (κ1) is 14.9. The molecule has 0 saturated heterocycles. The van der Waals surface area contributed by atoms with Crippen molar-refractivity contribution in [2.75, 3.05) is 13.1 Å². The second-order valence-corrected chi connectivity index (χ2v) is 4.58. The highest BCUT2D eigenvalue weighted by molar-refractivity contribution is 6.01. The number of hydrogen-bond acceptors (Lipinski definition) is 4. The summed E-state index contributed by atoms with van der Waals surface area (Å²) < 4.78 is 0. The maximum absolute atomic E-state index is 12.4. The summed E-state index contributed by atoms with van der Waals surface area (Å²) in [4.78, 5) is 14.0. The molecule has 1 atom stereocenters. The van der Waals surface area contributed by atoms with Crippen molar-refractivity contribution in [2.45, 2.75) is 26.8 Å². The van der Waals surface area contributed by atoms with E-state index in [1.165, 1.54) is 0 Å². The van der Waals surface area contributed by atoms with Crippen molar-refractivity contribution < 1.29 is 4.79 Å². The minimum absolute atomic E-state index is 0.0494. The number of Topliss-reactive ketones (excluding diaryl/α,β-unsaturated/α-hetero) is 1. The van der Waals surface area contributed by atoms with E-state index in [0.717, 1.165) is 11.1 Å². The van der Waals surface area contributed by atoms with Gasteiger partial charge < -0.3 is 0 Å². The van der Waals surface area contributed by atoms with E-state index in [-0.39, 0.29) is 18.9 Å². The van der Waals surface area contributed by atoms with Gasteiger partial charge in [-0.2, -0.15) is 10.5 Å². The molecule has 1 unspecified atom stereocenters. The number of carbonyl (C=O) groups excluding carboxylic acids is 1. The molecule has 0 amide bonds. The van der Waals surface area contributed by atoms with Gasteiger partial charge in [-0.25, -0.2) is 0 Å². The molecule has 0 saturated carbocycles. The van der Waals surface area contributed by atoms with Crippen molar-refractivity contribution >= 4 is 5.78 Å². The zero-order valence-corrected chi connectivity index (χ0v) is 11.5. The summed E-state index contributed by atoms with van der Waals surface area (Å²) in [5.74, 6) is -0.0494. The van der Waals surface area contributed by atoms with E-state index < -0.39 is 6.04 Å². The van der Waals surface area contributed by atoms with Gasteiger partial charge in [0.15, 0.2) is 5.78 Å². The maximum atomic E-state index is 12.4. The average molecular weight is 255 g/mol. The van der Waals surface area contributed by atoms with Gasteiger partial charge in [0.1, 0.15) is 0 Å². The van der Waals surface area contributed by atoms with Gasteiger partial charge in [-0.3, -0.25) is 9.69 Å². The Labute approximate surface area is 113 Å². The maximum Gasteiger partial charge on any atom is 0.179 e. The van der Waals surface area contributed by atoms with Crippen LogP contribution in [0, 0.1) is 36.5 Å². The largest absolute Gasteiger partial charge is 0.292 e. The summed E-state index contributed by atoms with van der Waals surface area (Å²) in [6.45, 7) is 5.71. The Balaban J connectivity index is 3.01. The molecular weight excluding hydrogens is 238 g/mol. The third-order valence-electron chi connectivity index (χ3n) is 3.13. The summed E-state index contributed by atoms with van der Waals surface area (Å²) in [5, 5.41) is 17.5. The lowest BCUT2D eigenvalue weighted by Gasteiger charge is -2.23. The molecule has 0 heterocycles. The molecule has 4 heteroatoms. The SMILES string of the molecule is Cc1ccc(C)c(C(=O)C(C)N(CC#N)CC#N)c1. The fourth-order valence-corrected chi connectivity index (χ4v) is 1.90. The van der Waals surface area contributed by atoms with E-state index in [0.29, 0.717) is 5.56 Å². The number of carbonyl (C=O) groups is 1. The number of nitriles is 2. The van der Waals surface area contributed by atoms with E-state index in [2.05, 4.69) is 0 Å². The normalized spacial score (nSPS) is 11.7. The minimum atomic E-state index is -0.472. The van der Waals surface area contributed by atoms with Crippen molar-refractivity contribution in [3.8, 4) is 12.1 Å². The van der Waals surface area contributed by atoms with Gasteiger partial charge in [-0.15, -0.1) is 0 Å². The van der Waals surface area contributed by atoms with E-state index in [9.17, 15) is 4.79 Å². The summed E-state index contributed by atoms with van der Waals surface area (Å²) in [7, 11) is 0. The fraction of sp³-hybridized carbons (Fsp3) is 0.400. The van der Waals surface area contributed by atoms with Gasteiger partial charge in [0, 0.05) is 5.56 Å². The van der Waals surface area contributed by atoms with Crippen molar-refractivity contribution in [1.29, 1.82) is 10.5 Å². The Morgan fingerprint density at radius 3 is 2.37 bits per heavy atom. The fourth-order valence-electron chi connectivity index (χ4n) is 1.90. The Kier molecular flexibility index (Phi) is 5.23. The molecule has 0 spiro atoms. The lowest BCUT2D eigenvalue weighted by atomic mass is 9.97. The quantitative estimate of drug-likeness (QED) is 0.597. The highest BCUT2D eigenvalue weighted by atomic mass is 16.1. The van der Waals surface area contributed by atoms with Crippen molar-refractivity contribution in [3.63, 3.8) is 0 Å². The summed E-state index contributed by atoms with van der Waals surface area (Å²) in [6, 6.07) is 9.23. The molecule has 0 aliphatic rings. The van der Waals surface area contributed by atoms with Crippen molar-refractivity contribution in [3.05, 3.63) is 34.9 Å². The van der Waals surface area contributed by atoms with Gasteiger partial charge in [0.05, 0.1) is 31.3 Å². The van der Waals surface area contributed by atoms with Crippen LogP contribution < -0.4 is 0 Å². The number of nitrogens with zero attached hydrogens (tertiary/aromatic N) is 3. The van der Waals surface area contributed by atoms with Crippen LogP contribution >= 0.6 is 0 Å². The third kappa shape index (κ3) is 3.64. The first-order valence-corrected chi connectivity index (χ1v) is 6.10. The second kappa shape index (κ2) is 6.68. The average Bonchev–Trinajstić information content (AvgIpc) is 2.39. The van der Waals surface area contributed by atoms with E-state index in [4.69, 9.17) is 10.5 Å². The number of aryl methyl sites for hydroxylation is 2. The van der Waals surface area contributed by atoms with Crippen LogP contribution in [0.1, 0.15) is 28.4 Å². The first-order chi connectivity index (χ1) is 9.01. The molecule has 0 radical (unpaired) electrons. The van der Waals surface area contributed by atoms with Crippen LogP contribution in [0.4, 0.5) is 0 Å². The zero-order chi connectivity index (χ0) is 14.4. The monoisotopic (exact) mass is 255 g/mol. The molecule has 0 aliphatic heterocycles. The van der Waals surface area contributed by atoms with E-state index in [1.807, 2.05) is 44.2 Å². The lowest BCUT2D eigenvalue weighted by molar-refractivity contribution is 0.0868. The molecule has 1 aromatic carbocycles. The van der Waals surface area contributed by atoms with Crippen molar-refractivity contribution in [1.82, 2.24) is 4.90 Å². The Hall–Kier alpha value is -2.17. The lowest BCUT2D eigenvalue weighted by Crippen LogP contribution is -2.39. The summed E-state index contributed by atoms with van der Waals surface area (Å²) in [6.07, 6.45) is 0. The topological polar surface area (TPSA) is 67.9 Å². The molecule has 1 rings (SSSR count).